The standard InChI is InChI=1S/C25H34O4Si/c1-18-16-25(29-30(3,4)5)17-19(2)27-24(25)28-23(21-14-10-7-11-15-21)22(26-18)20-12-8-6-9-13-20/h6-15,18-19,22-24H,16-17H2,1-5H3/t18-,19+,22-,23-,24-,25+/m1/s1. The third kappa shape index (κ3) is 4.71. The Kier molecular flexibility index (Phi) is 6.20. The van der Waals surface area contributed by atoms with Crippen LogP contribution in [0.4, 0.5) is 0 Å². The average Bonchev–Trinajstić information content (AvgIpc) is 2.96. The molecular weight excluding hydrogens is 392 g/mol. The van der Waals surface area contributed by atoms with Gasteiger partial charge in [0.1, 0.15) is 17.8 Å². The largest absolute Gasteiger partial charge is 0.407 e. The van der Waals surface area contributed by atoms with Crippen LogP contribution in [-0.2, 0) is 18.6 Å². The van der Waals surface area contributed by atoms with E-state index in [1.807, 2.05) is 24.3 Å². The van der Waals surface area contributed by atoms with Gasteiger partial charge in [-0.15, -0.1) is 0 Å². The Morgan fingerprint density at radius 1 is 0.733 bits per heavy atom. The van der Waals surface area contributed by atoms with Gasteiger partial charge in [-0.1, -0.05) is 60.7 Å². The minimum absolute atomic E-state index is 0.0121. The molecule has 2 fully saturated rings. The van der Waals surface area contributed by atoms with Crippen molar-refractivity contribution < 1.29 is 18.6 Å². The molecule has 0 unspecified atom stereocenters. The predicted molar refractivity (Wildman–Crippen MR) is 121 cm³/mol. The topological polar surface area (TPSA) is 36.9 Å². The number of hydrogen-bond acceptors (Lipinski definition) is 4. The quantitative estimate of drug-likeness (QED) is 0.560. The molecule has 0 saturated carbocycles. The molecule has 162 valence electrons. The van der Waals surface area contributed by atoms with Gasteiger partial charge in [0.15, 0.2) is 14.6 Å². The molecule has 0 radical (unpaired) electrons. The number of ether oxygens (including phenoxy) is 3. The SMILES string of the molecule is C[C@@H]1C[C@]2(O[Si](C)(C)C)C[C@H](C)O[C@@H]2O[C@H](c2ccccc2)[C@@H](c2ccccc2)O1. The van der Waals surface area contributed by atoms with Crippen molar-refractivity contribution >= 4 is 8.32 Å². The molecule has 2 aliphatic heterocycles. The summed E-state index contributed by atoms with van der Waals surface area (Å²) in [5.74, 6) is 0. The maximum atomic E-state index is 6.80. The smallest absolute Gasteiger partial charge is 0.186 e. The highest BCUT2D eigenvalue weighted by atomic mass is 28.4. The predicted octanol–water partition coefficient (Wildman–Crippen LogP) is 6.02. The van der Waals surface area contributed by atoms with E-state index in [2.05, 4.69) is 69.9 Å². The average molecular weight is 427 g/mol. The highest BCUT2D eigenvalue weighted by molar-refractivity contribution is 6.69. The lowest BCUT2D eigenvalue weighted by Gasteiger charge is -2.45. The molecule has 2 saturated heterocycles. The lowest BCUT2D eigenvalue weighted by atomic mass is 9.90. The maximum absolute atomic E-state index is 6.80. The monoisotopic (exact) mass is 426 g/mol. The second-order valence-electron chi connectivity index (χ2n) is 9.71. The Bertz CT molecular complexity index is 822. The molecule has 2 aromatic carbocycles. The summed E-state index contributed by atoms with van der Waals surface area (Å²) in [5.41, 5.74) is 1.73. The fourth-order valence-electron chi connectivity index (χ4n) is 4.90. The third-order valence-corrected chi connectivity index (χ3v) is 6.76. The van der Waals surface area contributed by atoms with Crippen molar-refractivity contribution in [1.29, 1.82) is 0 Å². The van der Waals surface area contributed by atoms with Crippen LogP contribution in [0.1, 0.15) is 50.0 Å². The Labute approximate surface area is 181 Å². The van der Waals surface area contributed by atoms with Gasteiger partial charge in [-0.2, -0.15) is 0 Å². The fourth-order valence-corrected chi connectivity index (χ4v) is 6.38. The Balaban J connectivity index is 1.76. The molecule has 4 nitrogen and oxygen atoms in total. The molecule has 6 atom stereocenters. The molecule has 2 heterocycles. The maximum Gasteiger partial charge on any atom is 0.186 e. The van der Waals surface area contributed by atoms with E-state index in [-0.39, 0.29) is 24.4 Å². The number of fused-ring (bicyclic) bond motifs is 1. The molecule has 0 spiro atoms. The molecule has 30 heavy (non-hydrogen) atoms. The van der Waals surface area contributed by atoms with Crippen molar-refractivity contribution in [3.05, 3.63) is 71.8 Å². The molecule has 0 amide bonds. The van der Waals surface area contributed by atoms with Crippen LogP contribution >= 0.6 is 0 Å². The molecule has 0 N–H and O–H groups in total. The van der Waals surface area contributed by atoms with E-state index >= 15 is 0 Å². The van der Waals surface area contributed by atoms with Crippen molar-refractivity contribution in [1.82, 2.24) is 0 Å². The first-order valence-corrected chi connectivity index (χ1v) is 14.4. The molecule has 5 heteroatoms. The zero-order valence-corrected chi connectivity index (χ0v) is 19.7. The fraction of sp³-hybridized carbons (Fsp3) is 0.520. The minimum Gasteiger partial charge on any atom is -0.407 e. The van der Waals surface area contributed by atoms with E-state index in [1.165, 1.54) is 0 Å². The van der Waals surface area contributed by atoms with E-state index < -0.39 is 20.2 Å². The van der Waals surface area contributed by atoms with Crippen molar-refractivity contribution in [3.8, 4) is 0 Å². The highest BCUT2D eigenvalue weighted by Gasteiger charge is 2.54. The van der Waals surface area contributed by atoms with Crippen molar-refractivity contribution in [2.75, 3.05) is 0 Å². The molecule has 0 bridgehead atoms. The molecule has 0 aliphatic carbocycles. The third-order valence-electron chi connectivity index (χ3n) is 5.74. The van der Waals surface area contributed by atoms with Gasteiger partial charge in [-0.25, -0.2) is 0 Å². The summed E-state index contributed by atoms with van der Waals surface area (Å²) < 4.78 is 26.6. The summed E-state index contributed by atoms with van der Waals surface area (Å²) in [5, 5.41) is 0. The van der Waals surface area contributed by atoms with Gasteiger partial charge >= 0.3 is 0 Å². The first kappa shape index (κ1) is 21.7. The van der Waals surface area contributed by atoms with Gasteiger partial charge in [-0.3, -0.25) is 0 Å². The first-order chi connectivity index (χ1) is 14.3. The highest BCUT2D eigenvalue weighted by Crippen LogP contribution is 2.48. The van der Waals surface area contributed by atoms with Crippen molar-refractivity contribution in [2.24, 2.45) is 0 Å². The lowest BCUT2D eigenvalue weighted by molar-refractivity contribution is -0.266. The first-order valence-electron chi connectivity index (χ1n) is 11.0. The summed E-state index contributed by atoms with van der Waals surface area (Å²) in [6, 6.07) is 20.7. The zero-order valence-electron chi connectivity index (χ0n) is 18.7. The van der Waals surface area contributed by atoms with Crippen LogP contribution in [0.2, 0.25) is 19.6 Å². The summed E-state index contributed by atoms with van der Waals surface area (Å²) in [7, 11) is -1.84. The van der Waals surface area contributed by atoms with Crippen LogP contribution in [-0.4, -0.2) is 32.4 Å². The summed E-state index contributed by atoms with van der Waals surface area (Å²) in [4.78, 5) is 0. The molecule has 0 aromatic heterocycles. The van der Waals surface area contributed by atoms with Crippen LogP contribution in [0.15, 0.2) is 60.7 Å². The number of hydrogen-bond donors (Lipinski definition) is 0. The van der Waals surface area contributed by atoms with Crippen molar-refractivity contribution in [2.45, 2.75) is 82.6 Å². The van der Waals surface area contributed by atoms with Gasteiger partial charge in [0, 0.05) is 12.8 Å². The molecular formula is C25H34O4Si. The van der Waals surface area contributed by atoms with Gasteiger partial charge in [0.05, 0.1) is 12.2 Å². The second-order valence-corrected chi connectivity index (χ2v) is 14.1. The number of benzene rings is 2. The van der Waals surface area contributed by atoms with E-state index in [1.54, 1.807) is 0 Å². The summed E-state index contributed by atoms with van der Waals surface area (Å²) in [6.45, 7) is 11.0. The van der Waals surface area contributed by atoms with E-state index in [9.17, 15) is 0 Å². The zero-order chi connectivity index (χ0) is 21.4. The Morgan fingerprint density at radius 2 is 1.20 bits per heavy atom. The van der Waals surface area contributed by atoms with Gasteiger partial charge < -0.3 is 18.6 Å². The normalized spacial score (nSPS) is 34.8. The Hall–Kier alpha value is -1.50. The summed E-state index contributed by atoms with van der Waals surface area (Å²) >= 11 is 0. The van der Waals surface area contributed by atoms with Crippen LogP contribution in [0.25, 0.3) is 0 Å². The van der Waals surface area contributed by atoms with Gasteiger partial charge in [-0.05, 0) is 44.6 Å². The van der Waals surface area contributed by atoms with Crippen LogP contribution in [0, 0.1) is 0 Å². The number of rotatable bonds is 4. The molecule has 2 aliphatic rings. The molecule has 2 aromatic rings. The van der Waals surface area contributed by atoms with E-state index in [0.29, 0.717) is 0 Å². The lowest BCUT2D eigenvalue weighted by Crippen LogP contribution is -2.53. The van der Waals surface area contributed by atoms with E-state index in [4.69, 9.17) is 18.6 Å². The van der Waals surface area contributed by atoms with Crippen LogP contribution in [0.3, 0.4) is 0 Å². The summed E-state index contributed by atoms with van der Waals surface area (Å²) in [6.07, 6.45) is 0.775. The molecule has 4 rings (SSSR count). The minimum atomic E-state index is -1.84. The van der Waals surface area contributed by atoms with Crippen molar-refractivity contribution in [3.63, 3.8) is 0 Å². The van der Waals surface area contributed by atoms with Crippen LogP contribution in [0.5, 0.6) is 0 Å². The van der Waals surface area contributed by atoms with Crippen LogP contribution < -0.4 is 0 Å². The van der Waals surface area contributed by atoms with Gasteiger partial charge in [0.2, 0.25) is 0 Å². The van der Waals surface area contributed by atoms with E-state index in [0.717, 1.165) is 24.0 Å². The second kappa shape index (κ2) is 8.56. The Morgan fingerprint density at radius 3 is 1.70 bits per heavy atom. The van der Waals surface area contributed by atoms with Gasteiger partial charge in [0.25, 0.3) is 0 Å².